The molecular formula is C10H13NO2S2. The van der Waals surface area contributed by atoms with Crippen LogP contribution in [0.25, 0.3) is 0 Å². The van der Waals surface area contributed by atoms with Crippen LogP contribution in [0.1, 0.15) is 10.9 Å². The summed E-state index contributed by atoms with van der Waals surface area (Å²) in [5.41, 5.74) is 0. The zero-order chi connectivity index (χ0) is 10.7. The maximum atomic E-state index is 11.4. The third-order valence-corrected chi connectivity index (χ3v) is 4.47. The fraction of sp³-hybridized carbons (Fsp3) is 0.500. The highest BCUT2D eigenvalue weighted by molar-refractivity contribution is 7.99. The first-order chi connectivity index (χ1) is 7.31. The molecule has 0 aromatic carbocycles. The Bertz CT molecular complexity index is 326. The van der Waals surface area contributed by atoms with E-state index in [9.17, 15) is 4.79 Å². The number of nitrogens with one attached hydrogen (secondary N) is 1. The minimum Gasteiger partial charge on any atom is -0.468 e. The number of hydrogen-bond acceptors (Lipinski definition) is 5. The summed E-state index contributed by atoms with van der Waals surface area (Å²) >= 11 is 3.52. The van der Waals surface area contributed by atoms with Crippen molar-refractivity contribution in [3.63, 3.8) is 0 Å². The van der Waals surface area contributed by atoms with Gasteiger partial charge in [-0.3, -0.25) is 10.1 Å². The van der Waals surface area contributed by atoms with E-state index in [1.54, 1.807) is 23.1 Å². The van der Waals surface area contributed by atoms with Gasteiger partial charge in [0, 0.05) is 16.4 Å². The van der Waals surface area contributed by atoms with Crippen LogP contribution in [-0.2, 0) is 9.53 Å². The van der Waals surface area contributed by atoms with Crippen LogP contribution in [0.15, 0.2) is 17.5 Å². The molecule has 1 N–H and O–H groups in total. The minimum absolute atomic E-state index is 0.163. The zero-order valence-corrected chi connectivity index (χ0v) is 10.1. The summed E-state index contributed by atoms with van der Waals surface area (Å²) in [4.78, 5) is 12.7. The molecule has 0 aliphatic carbocycles. The Labute approximate surface area is 97.2 Å². The van der Waals surface area contributed by atoms with E-state index in [-0.39, 0.29) is 18.1 Å². The van der Waals surface area contributed by atoms with Crippen molar-refractivity contribution >= 4 is 29.1 Å². The van der Waals surface area contributed by atoms with E-state index < -0.39 is 0 Å². The second kappa shape index (κ2) is 5.01. The fourth-order valence-electron chi connectivity index (χ4n) is 1.57. The van der Waals surface area contributed by atoms with Gasteiger partial charge in [0.2, 0.25) is 0 Å². The molecule has 5 heteroatoms. The number of thiophene rings is 1. The molecule has 2 rings (SSSR count). The van der Waals surface area contributed by atoms with Gasteiger partial charge >= 0.3 is 5.97 Å². The van der Waals surface area contributed by atoms with Gasteiger partial charge in [0.15, 0.2) is 0 Å². The molecule has 2 atom stereocenters. The molecule has 2 unspecified atom stereocenters. The molecule has 0 amide bonds. The maximum Gasteiger partial charge on any atom is 0.323 e. The molecule has 3 nitrogen and oxygen atoms in total. The highest BCUT2D eigenvalue weighted by Crippen LogP contribution is 2.27. The third kappa shape index (κ3) is 2.53. The van der Waals surface area contributed by atoms with Crippen LogP contribution in [0.5, 0.6) is 0 Å². The Morgan fingerprint density at radius 1 is 1.60 bits per heavy atom. The van der Waals surface area contributed by atoms with Crippen LogP contribution >= 0.6 is 23.1 Å². The summed E-state index contributed by atoms with van der Waals surface area (Å²) in [5, 5.41) is 5.38. The SMILES string of the molecule is COC(=O)C1CSCC(c2cccs2)N1. The molecule has 0 spiro atoms. The number of rotatable bonds is 2. The lowest BCUT2D eigenvalue weighted by atomic mass is 10.2. The normalized spacial score (nSPS) is 26.2. The van der Waals surface area contributed by atoms with E-state index in [0.29, 0.717) is 0 Å². The monoisotopic (exact) mass is 243 g/mol. The molecule has 1 fully saturated rings. The number of methoxy groups -OCH3 is 1. The van der Waals surface area contributed by atoms with Crippen molar-refractivity contribution in [2.45, 2.75) is 12.1 Å². The lowest BCUT2D eigenvalue weighted by Crippen LogP contribution is -2.45. The third-order valence-electron chi connectivity index (χ3n) is 2.34. The van der Waals surface area contributed by atoms with Gasteiger partial charge in [-0.2, -0.15) is 11.8 Å². The molecule has 1 aromatic heterocycles. The molecule has 1 aliphatic rings. The Morgan fingerprint density at radius 2 is 2.47 bits per heavy atom. The first-order valence-corrected chi connectivity index (χ1v) is 6.79. The predicted octanol–water partition coefficient (Wildman–Crippen LogP) is 1.67. The van der Waals surface area contributed by atoms with Crippen LogP contribution < -0.4 is 5.32 Å². The van der Waals surface area contributed by atoms with Crippen LogP contribution in [-0.4, -0.2) is 30.6 Å². The lowest BCUT2D eigenvalue weighted by molar-refractivity contribution is -0.142. The lowest BCUT2D eigenvalue weighted by Gasteiger charge is -2.28. The Morgan fingerprint density at radius 3 is 3.13 bits per heavy atom. The molecule has 1 aliphatic heterocycles. The second-order valence-corrected chi connectivity index (χ2v) is 5.40. The van der Waals surface area contributed by atoms with Crippen LogP contribution in [0, 0.1) is 0 Å². The van der Waals surface area contributed by atoms with Gasteiger partial charge in [-0.05, 0) is 11.4 Å². The van der Waals surface area contributed by atoms with Gasteiger partial charge in [-0.15, -0.1) is 11.3 Å². The summed E-state index contributed by atoms with van der Waals surface area (Å²) in [5.74, 6) is 1.66. The van der Waals surface area contributed by atoms with Gasteiger partial charge in [-0.1, -0.05) is 6.07 Å². The summed E-state index contributed by atoms with van der Waals surface area (Å²) in [7, 11) is 1.43. The largest absolute Gasteiger partial charge is 0.468 e. The second-order valence-electron chi connectivity index (χ2n) is 3.35. The fourth-order valence-corrected chi connectivity index (χ4v) is 3.58. The topological polar surface area (TPSA) is 38.3 Å². The quantitative estimate of drug-likeness (QED) is 0.802. The van der Waals surface area contributed by atoms with E-state index >= 15 is 0 Å². The standard InChI is InChI=1S/C10H13NO2S2/c1-13-10(12)8-6-14-5-7(11-8)9-3-2-4-15-9/h2-4,7-8,11H,5-6H2,1H3. The number of carbonyl (C=O) groups is 1. The molecule has 1 aromatic rings. The summed E-state index contributed by atoms with van der Waals surface area (Å²) in [6.07, 6.45) is 0. The van der Waals surface area contributed by atoms with Crippen molar-refractivity contribution in [3.8, 4) is 0 Å². The number of carbonyl (C=O) groups excluding carboxylic acids is 1. The van der Waals surface area contributed by atoms with Crippen LogP contribution in [0.2, 0.25) is 0 Å². The first-order valence-electron chi connectivity index (χ1n) is 4.76. The van der Waals surface area contributed by atoms with Crippen LogP contribution in [0.4, 0.5) is 0 Å². The van der Waals surface area contributed by atoms with E-state index in [4.69, 9.17) is 4.74 Å². The van der Waals surface area contributed by atoms with Crippen molar-refractivity contribution < 1.29 is 9.53 Å². The minimum atomic E-state index is -0.166. The van der Waals surface area contributed by atoms with E-state index in [0.717, 1.165) is 11.5 Å². The number of ether oxygens (including phenoxy) is 1. The van der Waals surface area contributed by atoms with E-state index in [1.807, 2.05) is 6.07 Å². The molecule has 0 saturated carbocycles. The molecular weight excluding hydrogens is 230 g/mol. The van der Waals surface area contributed by atoms with Crippen molar-refractivity contribution in [2.24, 2.45) is 0 Å². The Balaban J connectivity index is 2.01. The van der Waals surface area contributed by atoms with Gasteiger partial charge < -0.3 is 4.74 Å². The molecule has 1 saturated heterocycles. The van der Waals surface area contributed by atoms with Crippen molar-refractivity contribution in [2.75, 3.05) is 18.6 Å². The van der Waals surface area contributed by atoms with Crippen LogP contribution in [0.3, 0.4) is 0 Å². The van der Waals surface area contributed by atoms with Gasteiger partial charge in [0.05, 0.1) is 13.2 Å². The highest BCUT2D eigenvalue weighted by atomic mass is 32.2. The number of hydrogen-bond donors (Lipinski definition) is 1. The first kappa shape index (κ1) is 11.0. The summed E-state index contributed by atoms with van der Waals surface area (Å²) < 4.78 is 4.74. The van der Waals surface area contributed by atoms with E-state index in [1.165, 1.54) is 12.0 Å². The van der Waals surface area contributed by atoms with E-state index in [2.05, 4.69) is 16.8 Å². The van der Waals surface area contributed by atoms with Gasteiger partial charge in [0.1, 0.15) is 6.04 Å². The van der Waals surface area contributed by atoms with Crippen molar-refractivity contribution in [1.82, 2.24) is 5.32 Å². The van der Waals surface area contributed by atoms with Gasteiger partial charge in [0.25, 0.3) is 0 Å². The zero-order valence-electron chi connectivity index (χ0n) is 8.43. The molecule has 2 heterocycles. The highest BCUT2D eigenvalue weighted by Gasteiger charge is 2.28. The smallest absolute Gasteiger partial charge is 0.323 e. The summed E-state index contributed by atoms with van der Waals surface area (Å²) in [6.45, 7) is 0. The predicted molar refractivity (Wildman–Crippen MR) is 63.3 cm³/mol. The van der Waals surface area contributed by atoms with Crippen molar-refractivity contribution in [3.05, 3.63) is 22.4 Å². The number of thioether (sulfide) groups is 1. The average Bonchev–Trinajstić information content (AvgIpc) is 2.82. The molecule has 0 radical (unpaired) electrons. The van der Waals surface area contributed by atoms with Crippen molar-refractivity contribution in [1.29, 1.82) is 0 Å². The molecule has 82 valence electrons. The van der Waals surface area contributed by atoms with Gasteiger partial charge in [-0.25, -0.2) is 0 Å². The Kier molecular flexibility index (Phi) is 3.66. The summed E-state index contributed by atoms with van der Waals surface area (Å²) in [6, 6.07) is 4.25. The molecule has 15 heavy (non-hydrogen) atoms. The Hall–Kier alpha value is -0.520. The average molecular weight is 243 g/mol. The maximum absolute atomic E-state index is 11.4. The number of esters is 1. The molecule has 0 bridgehead atoms.